The molecule has 0 unspecified atom stereocenters. The molecule has 0 spiro atoms. The highest BCUT2D eigenvalue weighted by Crippen LogP contribution is 2.29. The Labute approximate surface area is 95.0 Å². The number of hydrogen-bond donors (Lipinski definition) is 1. The van der Waals surface area contributed by atoms with Gasteiger partial charge in [0.05, 0.1) is 0 Å². The molecular weight excluding hydrogens is 299 g/mol. The molecule has 0 fully saturated rings. The lowest BCUT2D eigenvalue weighted by molar-refractivity contribution is 0.0491. The number of hydrogen-bond acceptors (Lipinski definition) is 4. The minimum atomic E-state index is -0.0652. The van der Waals surface area contributed by atoms with E-state index in [4.69, 9.17) is 9.47 Å². The number of benzene rings is 1. The first-order valence-corrected chi connectivity index (χ1v) is 4.86. The van der Waals surface area contributed by atoms with Gasteiger partial charge in [0.15, 0.2) is 24.6 Å². The summed E-state index contributed by atoms with van der Waals surface area (Å²) in [5.74, 6) is 0.242. The van der Waals surface area contributed by atoms with Crippen LogP contribution < -0.4 is 4.74 Å². The number of phenols is 1. The van der Waals surface area contributed by atoms with Crippen molar-refractivity contribution in [1.29, 1.82) is 0 Å². The summed E-state index contributed by atoms with van der Waals surface area (Å²) in [6, 6.07) is 2.94. The van der Waals surface area contributed by atoms with Gasteiger partial charge in [-0.3, -0.25) is 4.79 Å². The average Bonchev–Trinajstić information content (AvgIpc) is 2.18. The van der Waals surface area contributed by atoms with Crippen molar-refractivity contribution in [3.8, 4) is 11.5 Å². The van der Waals surface area contributed by atoms with Gasteiger partial charge in [0.25, 0.3) is 0 Å². The molecule has 1 aromatic carbocycles. The first-order chi connectivity index (χ1) is 6.69. The van der Waals surface area contributed by atoms with Crippen molar-refractivity contribution in [1.82, 2.24) is 0 Å². The summed E-state index contributed by atoms with van der Waals surface area (Å²) >= 11 is 1.99. The molecule has 0 saturated carbocycles. The highest BCUT2D eigenvalue weighted by Gasteiger charge is 2.07. The summed E-state index contributed by atoms with van der Waals surface area (Å²) in [6.45, 7) is 0.0596. The van der Waals surface area contributed by atoms with E-state index in [1.54, 1.807) is 6.07 Å². The van der Waals surface area contributed by atoms with E-state index in [0.29, 0.717) is 17.6 Å². The maximum atomic E-state index is 10.5. The van der Waals surface area contributed by atoms with E-state index in [1.807, 2.05) is 22.6 Å². The Hall–Kier alpha value is -0.820. The topological polar surface area (TPSA) is 55.8 Å². The zero-order valence-corrected chi connectivity index (χ0v) is 9.65. The molecule has 4 nitrogen and oxygen atoms in total. The Balaban J connectivity index is 2.96. The van der Waals surface area contributed by atoms with E-state index >= 15 is 0 Å². The fourth-order valence-electron chi connectivity index (χ4n) is 0.888. The zero-order valence-electron chi connectivity index (χ0n) is 7.49. The second kappa shape index (κ2) is 5.16. The molecule has 1 rings (SSSR count). The number of ether oxygens (including phenoxy) is 2. The van der Waals surface area contributed by atoms with Crippen LogP contribution in [0.25, 0.3) is 0 Å². The minimum absolute atomic E-state index is 0.0596. The molecule has 0 aliphatic rings. The summed E-state index contributed by atoms with van der Waals surface area (Å²) in [7, 11) is 1.49. The van der Waals surface area contributed by atoms with Gasteiger partial charge in [-0.25, -0.2) is 0 Å². The molecule has 0 bridgehead atoms. The zero-order chi connectivity index (χ0) is 10.6. The smallest absolute Gasteiger partial charge is 0.188 e. The van der Waals surface area contributed by atoms with E-state index in [9.17, 15) is 9.90 Å². The molecule has 0 aromatic heterocycles. The van der Waals surface area contributed by atoms with Crippen molar-refractivity contribution in [3.63, 3.8) is 0 Å². The number of halogens is 1. The summed E-state index contributed by atoms with van der Waals surface area (Å²) < 4.78 is 10.5. The Morgan fingerprint density at radius 3 is 2.86 bits per heavy atom. The fraction of sp³-hybridized carbons (Fsp3) is 0.222. The third-order valence-electron chi connectivity index (χ3n) is 1.54. The number of carbonyl (C=O) groups is 1. The number of rotatable bonds is 4. The Bertz CT molecular complexity index is 338. The van der Waals surface area contributed by atoms with Crippen LogP contribution in [0.2, 0.25) is 0 Å². The Morgan fingerprint density at radius 1 is 1.57 bits per heavy atom. The summed E-state index contributed by atoms with van der Waals surface area (Å²) in [4.78, 5) is 10.5. The maximum absolute atomic E-state index is 10.5. The number of aromatic hydroxyl groups is 1. The van der Waals surface area contributed by atoms with Gasteiger partial charge in [-0.2, -0.15) is 0 Å². The molecule has 76 valence electrons. The lowest BCUT2D eigenvalue weighted by atomic mass is 10.2. The molecule has 14 heavy (non-hydrogen) atoms. The van der Waals surface area contributed by atoms with Gasteiger partial charge < -0.3 is 14.6 Å². The molecule has 0 aliphatic heterocycles. The Kier molecular flexibility index (Phi) is 4.15. The van der Waals surface area contributed by atoms with Crippen LogP contribution in [0.5, 0.6) is 11.5 Å². The third-order valence-corrected chi connectivity index (χ3v) is 2.47. The minimum Gasteiger partial charge on any atom is -0.504 e. The summed E-state index contributed by atoms with van der Waals surface area (Å²) in [5, 5.41) is 9.43. The molecule has 1 N–H and O–H groups in total. The van der Waals surface area contributed by atoms with Crippen molar-refractivity contribution in [2.75, 3.05) is 13.9 Å². The Morgan fingerprint density at radius 2 is 2.29 bits per heavy atom. The first-order valence-electron chi connectivity index (χ1n) is 3.78. The van der Waals surface area contributed by atoms with Crippen molar-refractivity contribution in [2.45, 2.75) is 0 Å². The van der Waals surface area contributed by atoms with E-state index in [0.717, 1.165) is 3.57 Å². The van der Waals surface area contributed by atoms with Crippen LogP contribution in [0.4, 0.5) is 0 Å². The van der Waals surface area contributed by atoms with Crippen LogP contribution in [-0.4, -0.2) is 25.3 Å². The number of methoxy groups -OCH3 is 1. The predicted octanol–water partition coefficient (Wildman–Crippen LogP) is 1.79. The van der Waals surface area contributed by atoms with Gasteiger partial charge >= 0.3 is 0 Å². The van der Waals surface area contributed by atoms with E-state index < -0.39 is 0 Å². The lowest BCUT2D eigenvalue weighted by Crippen LogP contribution is -2.00. The van der Waals surface area contributed by atoms with Gasteiger partial charge in [0, 0.05) is 16.2 Å². The van der Waals surface area contributed by atoms with Crippen molar-refractivity contribution in [3.05, 3.63) is 21.3 Å². The normalized spacial score (nSPS) is 9.86. The van der Waals surface area contributed by atoms with Crippen LogP contribution in [0.1, 0.15) is 10.4 Å². The average molecular weight is 308 g/mol. The first kappa shape index (κ1) is 11.3. The second-order valence-corrected chi connectivity index (χ2v) is 3.67. The van der Waals surface area contributed by atoms with Crippen LogP contribution in [0.3, 0.4) is 0 Å². The lowest BCUT2D eigenvalue weighted by Gasteiger charge is -2.08. The van der Waals surface area contributed by atoms with Gasteiger partial charge in [-0.05, 0) is 34.7 Å². The van der Waals surface area contributed by atoms with Crippen LogP contribution in [-0.2, 0) is 4.74 Å². The second-order valence-electron chi connectivity index (χ2n) is 2.51. The molecular formula is C9H9IO4. The molecule has 0 saturated heterocycles. The standard InChI is InChI=1S/C9H9IO4/c1-13-5-14-9-3-7(10)6(4-11)2-8(9)12/h2-4,12H,5H2,1H3. The number of aldehydes is 1. The molecule has 5 heteroatoms. The summed E-state index contributed by atoms with van der Waals surface area (Å²) in [5.41, 5.74) is 0.438. The molecule has 0 atom stereocenters. The highest BCUT2D eigenvalue weighted by molar-refractivity contribution is 14.1. The van der Waals surface area contributed by atoms with Gasteiger partial charge in [-0.1, -0.05) is 0 Å². The van der Waals surface area contributed by atoms with Gasteiger partial charge in [0.1, 0.15) is 0 Å². The van der Waals surface area contributed by atoms with Crippen molar-refractivity contribution in [2.24, 2.45) is 0 Å². The number of carbonyl (C=O) groups excluding carboxylic acids is 1. The van der Waals surface area contributed by atoms with E-state index in [2.05, 4.69) is 0 Å². The largest absolute Gasteiger partial charge is 0.504 e. The molecule has 0 heterocycles. The van der Waals surface area contributed by atoms with E-state index in [1.165, 1.54) is 13.2 Å². The predicted molar refractivity (Wildman–Crippen MR) is 58.7 cm³/mol. The molecule has 0 aliphatic carbocycles. The maximum Gasteiger partial charge on any atom is 0.188 e. The number of phenolic OH excluding ortho intramolecular Hbond substituents is 1. The van der Waals surface area contributed by atoms with E-state index in [-0.39, 0.29) is 12.5 Å². The van der Waals surface area contributed by atoms with Crippen LogP contribution in [0.15, 0.2) is 12.1 Å². The quantitative estimate of drug-likeness (QED) is 0.523. The SMILES string of the molecule is COCOc1cc(I)c(C=O)cc1O. The molecule has 1 aromatic rings. The molecule has 0 amide bonds. The van der Waals surface area contributed by atoms with Gasteiger partial charge in [-0.15, -0.1) is 0 Å². The molecule has 0 radical (unpaired) electrons. The third kappa shape index (κ3) is 2.58. The van der Waals surface area contributed by atoms with Crippen molar-refractivity contribution < 1.29 is 19.4 Å². The highest BCUT2D eigenvalue weighted by atomic mass is 127. The monoisotopic (exact) mass is 308 g/mol. The van der Waals surface area contributed by atoms with Crippen molar-refractivity contribution >= 4 is 28.9 Å². The summed E-state index contributed by atoms with van der Waals surface area (Å²) in [6.07, 6.45) is 0.682. The van der Waals surface area contributed by atoms with Gasteiger partial charge in [0.2, 0.25) is 0 Å². The van der Waals surface area contributed by atoms with Crippen LogP contribution in [0, 0.1) is 3.57 Å². The fourth-order valence-corrected chi connectivity index (χ4v) is 1.45. The van der Waals surface area contributed by atoms with Crippen LogP contribution >= 0.6 is 22.6 Å².